The first kappa shape index (κ1) is 13.2. The lowest BCUT2D eigenvalue weighted by atomic mass is 10.1. The third kappa shape index (κ3) is 3.31. The van der Waals surface area contributed by atoms with Crippen molar-refractivity contribution in [3.8, 4) is 0 Å². The van der Waals surface area contributed by atoms with Crippen molar-refractivity contribution in [2.45, 2.75) is 13.8 Å². The van der Waals surface area contributed by atoms with Gasteiger partial charge in [0.25, 0.3) is 5.91 Å². The molecule has 0 aliphatic carbocycles. The number of anilines is 1. The van der Waals surface area contributed by atoms with E-state index >= 15 is 0 Å². The van der Waals surface area contributed by atoms with Gasteiger partial charge in [0.1, 0.15) is 5.82 Å². The normalized spacial score (nSPS) is 10.1. The summed E-state index contributed by atoms with van der Waals surface area (Å²) in [4.78, 5) is 13.6. The lowest BCUT2D eigenvalue weighted by molar-refractivity contribution is 0.0773. The number of nitrogens with two attached hydrogens (primary N) is 1. The number of amides is 1. The maximum Gasteiger partial charge on any atom is 0.257 e. The van der Waals surface area contributed by atoms with Crippen molar-refractivity contribution in [1.82, 2.24) is 4.90 Å². The minimum Gasteiger partial charge on any atom is -0.399 e. The van der Waals surface area contributed by atoms with Gasteiger partial charge in [0.2, 0.25) is 0 Å². The fourth-order valence-electron chi connectivity index (χ4n) is 1.53. The molecule has 0 fully saturated rings. The summed E-state index contributed by atoms with van der Waals surface area (Å²) in [5.41, 5.74) is 6.79. The van der Waals surface area contributed by atoms with Gasteiger partial charge in [-0.15, -0.1) is 0 Å². The zero-order chi connectivity index (χ0) is 13.0. The van der Waals surface area contributed by atoms with E-state index < -0.39 is 5.82 Å². The zero-order valence-electron chi connectivity index (χ0n) is 10.2. The van der Waals surface area contributed by atoms with Gasteiger partial charge in [-0.1, -0.05) is 12.2 Å². The van der Waals surface area contributed by atoms with E-state index in [0.717, 1.165) is 5.57 Å². The van der Waals surface area contributed by atoms with Crippen LogP contribution in [0.1, 0.15) is 24.2 Å². The molecule has 0 atom stereocenters. The highest BCUT2D eigenvalue weighted by molar-refractivity contribution is 5.95. The molecular formula is C13H17FN2O. The highest BCUT2D eigenvalue weighted by Crippen LogP contribution is 2.15. The maximum atomic E-state index is 13.5. The summed E-state index contributed by atoms with van der Waals surface area (Å²) in [6.45, 7) is 8.33. The quantitative estimate of drug-likeness (QED) is 0.644. The third-order valence-corrected chi connectivity index (χ3v) is 2.35. The van der Waals surface area contributed by atoms with Crippen LogP contribution < -0.4 is 5.73 Å². The van der Waals surface area contributed by atoms with Crippen molar-refractivity contribution < 1.29 is 9.18 Å². The predicted octanol–water partition coefficient (Wildman–Crippen LogP) is 2.45. The number of hydrogen-bond acceptors (Lipinski definition) is 2. The van der Waals surface area contributed by atoms with Gasteiger partial charge in [-0.3, -0.25) is 4.79 Å². The molecule has 3 nitrogen and oxygen atoms in total. The van der Waals surface area contributed by atoms with E-state index in [-0.39, 0.29) is 11.5 Å². The van der Waals surface area contributed by atoms with Crippen LogP contribution in [0.25, 0.3) is 0 Å². The molecule has 0 saturated heterocycles. The molecule has 2 N–H and O–H groups in total. The molecule has 0 spiro atoms. The summed E-state index contributed by atoms with van der Waals surface area (Å²) in [5.74, 6) is -0.912. The minimum atomic E-state index is -0.552. The van der Waals surface area contributed by atoms with Gasteiger partial charge in [0, 0.05) is 18.8 Å². The summed E-state index contributed by atoms with van der Waals surface area (Å²) in [7, 11) is 0. The molecule has 92 valence electrons. The number of halogens is 1. The fraction of sp³-hybridized carbons (Fsp3) is 0.308. The third-order valence-electron chi connectivity index (χ3n) is 2.35. The van der Waals surface area contributed by atoms with E-state index in [2.05, 4.69) is 6.58 Å². The topological polar surface area (TPSA) is 46.3 Å². The predicted molar refractivity (Wildman–Crippen MR) is 67.2 cm³/mol. The number of rotatable bonds is 4. The highest BCUT2D eigenvalue weighted by atomic mass is 19.1. The molecule has 0 heterocycles. The molecule has 4 heteroatoms. The standard InChI is InChI=1S/C13H17FN2O/c1-4-16(8-9(2)3)13(17)11-7-10(15)5-6-12(11)14/h5-7H,2,4,8,15H2,1,3H3. The Morgan fingerprint density at radius 3 is 2.71 bits per heavy atom. The van der Waals surface area contributed by atoms with Crippen LogP contribution in [-0.2, 0) is 0 Å². The van der Waals surface area contributed by atoms with Crippen LogP contribution in [-0.4, -0.2) is 23.9 Å². The maximum absolute atomic E-state index is 13.5. The van der Waals surface area contributed by atoms with Gasteiger partial charge < -0.3 is 10.6 Å². The molecule has 0 aromatic heterocycles. The van der Waals surface area contributed by atoms with Crippen LogP contribution in [0.3, 0.4) is 0 Å². The second kappa shape index (κ2) is 5.48. The molecule has 17 heavy (non-hydrogen) atoms. The Kier molecular flexibility index (Phi) is 4.26. The Bertz CT molecular complexity index is 443. The van der Waals surface area contributed by atoms with Crippen molar-refractivity contribution in [3.63, 3.8) is 0 Å². The van der Waals surface area contributed by atoms with Crippen molar-refractivity contribution >= 4 is 11.6 Å². The molecule has 0 bridgehead atoms. The van der Waals surface area contributed by atoms with Gasteiger partial charge >= 0.3 is 0 Å². The number of carbonyl (C=O) groups excluding carboxylic acids is 1. The van der Waals surface area contributed by atoms with E-state index in [1.807, 2.05) is 13.8 Å². The van der Waals surface area contributed by atoms with E-state index in [1.165, 1.54) is 23.1 Å². The molecule has 0 aliphatic heterocycles. The monoisotopic (exact) mass is 236 g/mol. The van der Waals surface area contributed by atoms with Crippen LogP contribution in [0.15, 0.2) is 30.4 Å². The summed E-state index contributed by atoms with van der Waals surface area (Å²) in [6.07, 6.45) is 0. The minimum absolute atomic E-state index is 0.00750. The second-order valence-corrected chi connectivity index (χ2v) is 4.02. The number of likely N-dealkylation sites (N-methyl/N-ethyl adjacent to an activating group) is 1. The van der Waals surface area contributed by atoms with Crippen molar-refractivity contribution in [1.29, 1.82) is 0 Å². The summed E-state index contributed by atoms with van der Waals surface area (Å²) in [5, 5.41) is 0. The Morgan fingerprint density at radius 2 is 2.18 bits per heavy atom. The van der Waals surface area contributed by atoms with Crippen LogP contribution in [0, 0.1) is 5.82 Å². The van der Waals surface area contributed by atoms with Crippen LogP contribution in [0.4, 0.5) is 10.1 Å². The van der Waals surface area contributed by atoms with Gasteiger partial charge in [-0.2, -0.15) is 0 Å². The molecular weight excluding hydrogens is 219 g/mol. The smallest absolute Gasteiger partial charge is 0.257 e. The van der Waals surface area contributed by atoms with Gasteiger partial charge in [0.15, 0.2) is 0 Å². The Balaban J connectivity index is 3.01. The Hall–Kier alpha value is -1.84. The van der Waals surface area contributed by atoms with Gasteiger partial charge in [-0.25, -0.2) is 4.39 Å². The van der Waals surface area contributed by atoms with E-state index in [1.54, 1.807) is 0 Å². The molecule has 1 rings (SSSR count). The molecule has 0 radical (unpaired) electrons. The van der Waals surface area contributed by atoms with Crippen molar-refractivity contribution in [2.24, 2.45) is 0 Å². The number of nitrogen functional groups attached to an aromatic ring is 1. The SMILES string of the molecule is C=C(C)CN(CC)C(=O)c1cc(N)ccc1F. The largest absolute Gasteiger partial charge is 0.399 e. The summed E-state index contributed by atoms with van der Waals surface area (Å²) < 4.78 is 13.5. The van der Waals surface area contributed by atoms with E-state index in [4.69, 9.17) is 5.73 Å². The average molecular weight is 236 g/mol. The van der Waals surface area contributed by atoms with Gasteiger partial charge in [0.05, 0.1) is 5.56 Å². The first-order valence-electron chi connectivity index (χ1n) is 5.44. The Morgan fingerprint density at radius 1 is 1.53 bits per heavy atom. The number of benzene rings is 1. The second-order valence-electron chi connectivity index (χ2n) is 4.02. The van der Waals surface area contributed by atoms with Crippen LogP contribution in [0.5, 0.6) is 0 Å². The molecule has 1 aromatic rings. The zero-order valence-corrected chi connectivity index (χ0v) is 10.2. The first-order chi connectivity index (χ1) is 7.95. The van der Waals surface area contributed by atoms with Crippen LogP contribution >= 0.6 is 0 Å². The van der Waals surface area contributed by atoms with Crippen molar-refractivity contribution in [3.05, 3.63) is 41.7 Å². The van der Waals surface area contributed by atoms with E-state index in [0.29, 0.717) is 18.8 Å². The Labute approximate surface area is 101 Å². The fourth-order valence-corrected chi connectivity index (χ4v) is 1.53. The first-order valence-corrected chi connectivity index (χ1v) is 5.44. The number of nitrogens with zero attached hydrogens (tertiary/aromatic N) is 1. The van der Waals surface area contributed by atoms with E-state index in [9.17, 15) is 9.18 Å². The molecule has 0 unspecified atom stereocenters. The average Bonchev–Trinajstić information content (AvgIpc) is 2.28. The number of carbonyl (C=O) groups is 1. The lowest BCUT2D eigenvalue weighted by Crippen LogP contribution is -2.32. The highest BCUT2D eigenvalue weighted by Gasteiger charge is 2.18. The molecule has 0 aliphatic rings. The summed E-state index contributed by atoms with van der Waals surface area (Å²) in [6, 6.07) is 4.00. The molecule has 0 saturated carbocycles. The summed E-state index contributed by atoms with van der Waals surface area (Å²) >= 11 is 0. The molecule has 1 aromatic carbocycles. The van der Waals surface area contributed by atoms with Gasteiger partial charge in [-0.05, 0) is 32.0 Å². The molecule has 1 amide bonds. The van der Waals surface area contributed by atoms with Crippen molar-refractivity contribution in [2.75, 3.05) is 18.8 Å². The lowest BCUT2D eigenvalue weighted by Gasteiger charge is -2.21. The number of hydrogen-bond donors (Lipinski definition) is 1. The van der Waals surface area contributed by atoms with Crippen LogP contribution in [0.2, 0.25) is 0 Å².